The molecule has 188 valence electrons. The highest BCUT2D eigenvalue weighted by atomic mass is 32.2. The summed E-state index contributed by atoms with van der Waals surface area (Å²) in [6, 6.07) is 0. The molecular weight excluding hydrogens is 427 g/mol. The quantitative estimate of drug-likeness (QED) is 0.101. The van der Waals surface area contributed by atoms with E-state index in [2.05, 4.69) is 13.8 Å². The van der Waals surface area contributed by atoms with Crippen molar-refractivity contribution in [1.29, 1.82) is 0 Å². The van der Waals surface area contributed by atoms with E-state index >= 15 is 0 Å². The summed E-state index contributed by atoms with van der Waals surface area (Å²) in [5.74, 6) is 1.76. The van der Waals surface area contributed by atoms with E-state index in [1.165, 1.54) is 103 Å². The summed E-state index contributed by atoms with van der Waals surface area (Å²) < 4.78 is 17.3. The molecule has 0 saturated carbocycles. The first-order valence-electron chi connectivity index (χ1n) is 13.2. The first-order valence-corrected chi connectivity index (χ1v) is 16.2. The monoisotopic (exact) mass is 480 g/mol. The highest BCUT2D eigenvalue weighted by Gasteiger charge is 2.22. The Hall–Kier alpha value is 0.460. The summed E-state index contributed by atoms with van der Waals surface area (Å²) in [6.07, 6.45) is 22.8. The third-order valence-electron chi connectivity index (χ3n) is 5.74. The molecule has 6 heteroatoms. The SMILES string of the molecule is CCCCCCCCCCCOC(CSCCCCCCCCCCC)CP(=O)(O)O. The summed E-state index contributed by atoms with van der Waals surface area (Å²) in [4.78, 5) is 18.7. The number of hydrogen-bond donors (Lipinski definition) is 2. The maximum Gasteiger partial charge on any atom is 0.328 e. The molecule has 2 N–H and O–H groups in total. The first-order chi connectivity index (χ1) is 15.0. The Morgan fingerprint density at radius 3 is 1.55 bits per heavy atom. The summed E-state index contributed by atoms with van der Waals surface area (Å²) in [5.41, 5.74) is 0. The van der Waals surface area contributed by atoms with Gasteiger partial charge in [0.1, 0.15) is 0 Å². The van der Waals surface area contributed by atoms with Crippen molar-refractivity contribution < 1.29 is 19.1 Å². The number of hydrogen-bond acceptors (Lipinski definition) is 3. The van der Waals surface area contributed by atoms with Crippen LogP contribution >= 0.6 is 19.4 Å². The van der Waals surface area contributed by atoms with Gasteiger partial charge in [0.25, 0.3) is 0 Å². The lowest BCUT2D eigenvalue weighted by Crippen LogP contribution is -2.22. The minimum absolute atomic E-state index is 0.144. The molecule has 0 aromatic carbocycles. The maximum absolute atomic E-state index is 11.4. The fraction of sp³-hybridized carbons (Fsp3) is 1.00. The molecule has 0 aliphatic heterocycles. The van der Waals surface area contributed by atoms with Crippen LogP contribution in [0.25, 0.3) is 0 Å². The van der Waals surface area contributed by atoms with Crippen molar-refractivity contribution in [3.63, 3.8) is 0 Å². The van der Waals surface area contributed by atoms with Gasteiger partial charge in [-0.1, -0.05) is 117 Å². The van der Waals surface area contributed by atoms with Crippen LogP contribution in [0.2, 0.25) is 0 Å². The van der Waals surface area contributed by atoms with Crippen LogP contribution in [-0.2, 0) is 9.30 Å². The van der Waals surface area contributed by atoms with Crippen molar-refractivity contribution in [1.82, 2.24) is 0 Å². The molecule has 0 heterocycles. The molecule has 4 nitrogen and oxygen atoms in total. The Kier molecular flexibility index (Phi) is 24.0. The summed E-state index contributed by atoms with van der Waals surface area (Å²) >= 11 is 1.79. The molecule has 0 spiro atoms. The van der Waals surface area contributed by atoms with E-state index in [1.807, 2.05) is 0 Å². The van der Waals surface area contributed by atoms with Crippen molar-refractivity contribution in [2.75, 3.05) is 24.3 Å². The molecular formula is C25H53O4PS. The smallest absolute Gasteiger partial charge is 0.328 e. The van der Waals surface area contributed by atoms with Crippen LogP contribution in [0.1, 0.15) is 129 Å². The molecule has 0 rings (SSSR count). The van der Waals surface area contributed by atoms with Crippen molar-refractivity contribution in [3.05, 3.63) is 0 Å². The molecule has 0 saturated heterocycles. The van der Waals surface area contributed by atoms with Crippen molar-refractivity contribution in [2.45, 2.75) is 136 Å². The molecule has 31 heavy (non-hydrogen) atoms. The fourth-order valence-corrected chi connectivity index (χ4v) is 5.80. The van der Waals surface area contributed by atoms with Gasteiger partial charge in [0.05, 0.1) is 12.3 Å². The normalized spacial score (nSPS) is 13.0. The van der Waals surface area contributed by atoms with Crippen LogP contribution in [0.4, 0.5) is 0 Å². The summed E-state index contributed by atoms with van der Waals surface area (Å²) in [6.45, 7) is 5.12. The summed E-state index contributed by atoms with van der Waals surface area (Å²) in [7, 11) is -4.02. The topological polar surface area (TPSA) is 66.8 Å². The number of rotatable bonds is 25. The molecule has 0 radical (unpaired) electrons. The first kappa shape index (κ1) is 31.5. The molecule has 0 aromatic heterocycles. The summed E-state index contributed by atoms with van der Waals surface area (Å²) in [5, 5.41) is 0. The van der Waals surface area contributed by atoms with Crippen molar-refractivity contribution >= 4 is 19.4 Å². The predicted molar refractivity (Wildman–Crippen MR) is 138 cm³/mol. The second-order valence-electron chi connectivity index (χ2n) is 9.07. The van der Waals surface area contributed by atoms with Crippen molar-refractivity contribution in [3.8, 4) is 0 Å². The number of unbranched alkanes of at least 4 members (excludes halogenated alkanes) is 16. The third kappa shape index (κ3) is 26.6. The second-order valence-corrected chi connectivity index (χ2v) is 11.9. The highest BCUT2D eigenvalue weighted by Crippen LogP contribution is 2.36. The van der Waals surface area contributed by atoms with Crippen LogP contribution in [-0.4, -0.2) is 40.2 Å². The molecule has 1 unspecified atom stereocenters. The fourth-order valence-electron chi connectivity index (χ4n) is 3.81. The van der Waals surface area contributed by atoms with Gasteiger partial charge >= 0.3 is 7.60 Å². The minimum Gasteiger partial charge on any atom is -0.377 e. The van der Waals surface area contributed by atoms with Gasteiger partial charge in [-0.15, -0.1) is 0 Å². The zero-order chi connectivity index (χ0) is 23.0. The standard InChI is InChI=1S/C25H53O4PS/c1-3-5-7-9-11-13-15-17-19-21-29-25(23-30(26,27)28)24-31-22-20-18-16-14-12-10-8-6-4-2/h25H,3-24H2,1-2H3,(H2,26,27,28). The molecule has 0 aliphatic rings. The molecule has 0 aliphatic carbocycles. The second kappa shape index (κ2) is 23.6. The molecule has 1 atom stereocenters. The van der Waals surface area contributed by atoms with Gasteiger partial charge in [-0.25, -0.2) is 0 Å². The molecule has 0 fully saturated rings. The van der Waals surface area contributed by atoms with Crippen LogP contribution in [0.3, 0.4) is 0 Å². The number of ether oxygens (including phenoxy) is 1. The van der Waals surface area contributed by atoms with Gasteiger partial charge < -0.3 is 14.5 Å². The van der Waals surface area contributed by atoms with E-state index in [0.29, 0.717) is 12.4 Å². The van der Waals surface area contributed by atoms with Gasteiger partial charge in [0, 0.05) is 12.4 Å². The Morgan fingerprint density at radius 1 is 0.677 bits per heavy atom. The Bertz CT molecular complexity index is 403. The van der Waals surface area contributed by atoms with E-state index in [1.54, 1.807) is 11.8 Å². The van der Waals surface area contributed by atoms with Gasteiger partial charge in [-0.2, -0.15) is 11.8 Å². The van der Waals surface area contributed by atoms with Crippen molar-refractivity contribution in [2.24, 2.45) is 0 Å². The van der Waals surface area contributed by atoms with Gasteiger partial charge in [0.2, 0.25) is 0 Å². The zero-order valence-corrected chi connectivity index (χ0v) is 22.4. The van der Waals surface area contributed by atoms with E-state index in [9.17, 15) is 14.4 Å². The van der Waals surface area contributed by atoms with E-state index in [0.717, 1.165) is 18.6 Å². The van der Waals surface area contributed by atoms with Crippen LogP contribution in [0.5, 0.6) is 0 Å². The van der Waals surface area contributed by atoms with Gasteiger partial charge in [-0.05, 0) is 18.6 Å². The van der Waals surface area contributed by atoms with E-state index < -0.39 is 7.60 Å². The minimum atomic E-state index is -4.02. The van der Waals surface area contributed by atoms with Crippen LogP contribution in [0, 0.1) is 0 Å². The average molecular weight is 481 g/mol. The Labute approximate surface area is 198 Å². The lowest BCUT2D eigenvalue weighted by Gasteiger charge is -2.18. The predicted octanol–water partition coefficient (Wildman–Crippen LogP) is 8.34. The van der Waals surface area contributed by atoms with E-state index in [-0.39, 0.29) is 12.3 Å². The highest BCUT2D eigenvalue weighted by molar-refractivity contribution is 7.99. The molecule has 0 aromatic rings. The van der Waals surface area contributed by atoms with Crippen LogP contribution in [0.15, 0.2) is 0 Å². The van der Waals surface area contributed by atoms with Crippen LogP contribution < -0.4 is 0 Å². The maximum atomic E-state index is 11.4. The lowest BCUT2D eigenvalue weighted by atomic mass is 10.1. The van der Waals surface area contributed by atoms with Gasteiger partial charge in [-0.3, -0.25) is 4.57 Å². The molecule has 0 amide bonds. The van der Waals surface area contributed by atoms with Gasteiger partial charge in [0.15, 0.2) is 0 Å². The lowest BCUT2D eigenvalue weighted by molar-refractivity contribution is 0.0774. The largest absolute Gasteiger partial charge is 0.377 e. The Morgan fingerprint density at radius 2 is 1.10 bits per heavy atom. The zero-order valence-electron chi connectivity index (χ0n) is 20.7. The Balaban J connectivity index is 3.69. The third-order valence-corrected chi connectivity index (χ3v) is 7.81. The number of thioether (sulfide) groups is 1. The molecule has 0 bridgehead atoms. The average Bonchev–Trinajstić information content (AvgIpc) is 2.72. The van der Waals surface area contributed by atoms with E-state index in [4.69, 9.17) is 4.74 Å².